The molecule has 0 aromatic carbocycles. The fourth-order valence-electron chi connectivity index (χ4n) is 3.01. The lowest BCUT2D eigenvalue weighted by Gasteiger charge is -2.25. The summed E-state index contributed by atoms with van der Waals surface area (Å²) in [4.78, 5) is 0. The largest absolute Gasteiger partial charge is 0.251 e. The summed E-state index contributed by atoms with van der Waals surface area (Å²) < 4.78 is 0. The first-order chi connectivity index (χ1) is 10.5. The summed E-state index contributed by atoms with van der Waals surface area (Å²) in [5.74, 6) is 0.532. The molecule has 0 bridgehead atoms. The maximum atomic E-state index is 8.01. The lowest BCUT2D eigenvalue weighted by molar-refractivity contribution is 0.306. The molecule has 0 saturated carbocycles. The van der Waals surface area contributed by atoms with Crippen LogP contribution in [-0.2, 0) is 0 Å². The molecule has 0 rings (SSSR count). The molecule has 0 amide bonds. The molecule has 0 aliphatic carbocycles. The molecule has 1 atom stereocenters. The first kappa shape index (κ1) is 22.0. The van der Waals surface area contributed by atoms with E-state index in [0.717, 1.165) is 0 Å². The highest BCUT2D eigenvalue weighted by atomic mass is 14.7. The summed E-state index contributed by atoms with van der Waals surface area (Å²) in [5, 5.41) is 0. The Balaban J connectivity index is 3.12. The molecule has 0 aliphatic heterocycles. The molecule has 0 heterocycles. The highest BCUT2D eigenvalue weighted by Crippen LogP contribution is 2.21. The highest BCUT2D eigenvalue weighted by molar-refractivity contribution is 4.77. The van der Waals surface area contributed by atoms with Crippen molar-refractivity contribution in [3.05, 3.63) is 0 Å². The minimum absolute atomic E-state index is 0.253. The third-order valence-corrected chi connectivity index (χ3v) is 5.22. The molecule has 0 aromatic rings. The minimum Gasteiger partial charge on any atom is -0.251 e. The van der Waals surface area contributed by atoms with Gasteiger partial charge in [0.1, 0.15) is 0 Å². The van der Waals surface area contributed by atoms with Crippen molar-refractivity contribution in [2.45, 2.75) is 130 Å². The van der Waals surface area contributed by atoms with Gasteiger partial charge in [0, 0.05) is 5.54 Å². The van der Waals surface area contributed by atoms with Crippen LogP contribution in [0.25, 0.3) is 0 Å². The predicted molar refractivity (Wildman–Crippen MR) is 101 cm³/mol. The van der Waals surface area contributed by atoms with Crippen LogP contribution in [0.4, 0.5) is 0 Å². The zero-order chi connectivity index (χ0) is 16.7. The average Bonchev–Trinajstić information content (AvgIpc) is 2.46. The van der Waals surface area contributed by atoms with Gasteiger partial charge in [-0.05, 0) is 26.2 Å². The van der Waals surface area contributed by atoms with Gasteiger partial charge >= 0.3 is 0 Å². The van der Waals surface area contributed by atoms with E-state index in [1.165, 1.54) is 96.3 Å². The Labute approximate surface area is 141 Å². The normalized spacial score (nSPS) is 13.5. The summed E-state index contributed by atoms with van der Waals surface area (Å²) >= 11 is 0. The number of rotatable bonds is 16. The van der Waals surface area contributed by atoms with E-state index in [1.807, 2.05) is 13.8 Å². The van der Waals surface area contributed by atoms with E-state index in [-0.39, 0.29) is 5.54 Å². The van der Waals surface area contributed by atoms with Crippen molar-refractivity contribution >= 4 is 0 Å². The van der Waals surface area contributed by atoms with Gasteiger partial charge in [-0.3, -0.25) is 5.73 Å². The molecule has 0 spiro atoms. The van der Waals surface area contributed by atoms with Gasteiger partial charge < -0.3 is 0 Å². The first-order valence-corrected chi connectivity index (χ1v) is 10.2. The molecule has 1 heteroatoms. The second kappa shape index (κ2) is 14.5. The van der Waals surface area contributed by atoms with Gasteiger partial charge in [-0.2, -0.15) is 0 Å². The van der Waals surface area contributed by atoms with Crippen molar-refractivity contribution in [2.24, 2.45) is 5.92 Å². The van der Waals surface area contributed by atoms with Gasteiger partial charge in [-0.1, -0.05) is 104 Å². The van der Waals surface area contributed by atoms with Gasteiger partial charge in [-0.25, -0.2) is 0 Å². The third-order valence-electron chi connectivity index (χ3n) is 5.22. The zero-order valence-electron chi connectivity index (χ0n) is 16.2. The number of hydrogen-bond donors (Lipinski definition) is 0. The Hall–Kier alpha value is -0.0400. The predicted octanol–water partition coefficient (Wildman–Crippen LogP) is 7.56. The summed E-state index contributed by atoms with van der Waals surface area (Å²) in [5.41, 5.74) is 7.76. The summed E-state index contributed by atoms with van der Waals surface area (Å²) in [6, 6.07) is 0. The Morgan fingerprint density at radius 1 is 0.636 bits per heavy atom. The molecule has 1 unspecified atom stereocenters. The van der Waals surface area contributed by atoms with Crippen molar-refractivity contribution in [1.29, 1.82) is 0 Å². The number of nitrogens with one attached hydrogen (secondary N) is 1. The molecule has 133 valence electrons. The third kappa shape index (κ3) is 14.9. The van der Waals surface area contributed by atoms with Crippen LogP contribution >= 0.6 is 0 Å². The van der Waals surface area contributed by atoms with Crippen LogP contribution in [0.5, 0.6) is 0 Å². The van der Waals surface area contributed by atoms with Crippen LogP contribution in [-0.4, -0.2) is 5.54 Å². The molecule has 0 aromatic heterocycles. The highest BCUT2D eigenvalue weighted by Gasteiger charge is 2.20. The van der Waals surface area contributed by atoms with Crippen molar-refractivity contribution in [1.82, 2.24) is 5.73 Å². The summed E-state index contributed by atoms with van der Waals surface area (Å²) in [6.07, 6.45) is 21.2. The Morgan fingerprint density at radius 2 is 0.955 bits per heavy atom. The molecule has 1 N–H and O–H groups in total. The molecular formula is C21H44N. The molecule has 1 nitrogen and oxygen atoms in total. The fourth-order valence-corrected chi connectivity index (χ4v) is 3.01. The smallest absolute Gasteiger partial charge is 0.0293 e. The van der Waals surface area contributed by atoms with Crippen LogP contribution in [0, 0.1) is 5.92 Å². The van der Waals surface area contributed by atoms with E-state index in [2.05, 4.69) is 13.8 Å². The topological polar surface area (TPSA) is 23.8 Å². The summed E-state index contributed by atoms with van der Waals surface area (Å²) in [7, 11) is 0. The second-order valence-corrected chi connectivity index (χ2v) is 8.01. The average molecular weight is 311 g/mol. The van der Waals surface area contributed by atoms with E-state index < -0.39 is 0 Å². The standard InChI is InChI=1S/C21H44N/c1-5-6-7-8-9-10-11-12-13-14-15-16-17-18-19-20(2)21(3,4)22/h20,22H,5-19H2,1-4H3. The van der Waals surface area contributed by atoms with Gasteiger partial charge in [0.15, 0.2) is 0 Å². The van der Waals surface area contributed by atoms with Crippen molar-refractivity contribution < 1.29 is 0 Å². The van der Waals surface area contributed by atoms with E-state index in [9.17, 15) is 0 Å². The lowest BCUT2D eigenvalue weighted by atomic mass is 9.86. The van der Waals surface area contributed by atoms with Gasteiger partial charge in [0.2, 0.25) is 0 Å². The van der Waals surface area contributed by atoms with Crippen LogP contribution < -0.4 is 5.73 Å². The van der Waals surface area contributed by atoms with E-state index >= 15 is 0 Å². The maximum Gasteiger partial charge on any atom is 0.0293 e. The van der Waals surface area contributed by atoms with Crippen molar-refractivity contribution in [3.63, 3.8) is 0 Å². The molecular weight excluding hydrogens is 266 g/mol. The second-order valence-electron chi connectivity index (χ2n) is 8.01. The van der Waals surface area contributed by atoms with Crippen LogP contribution in [0.1, 0.15) is 124 Å². The van der Waals surface area contributed by atoms with Crippen molar-refractivity contribution in [3.8, 4) is 0 Å². The molecule has 1 radical (unpaired) electrons. The van der Waals surface area contributed by atoms with E-state index in [0.29, 0.717) is 5.92 Å². The first-order valence-electron chi connectivity index (χ1n) is 10.2. The Morgan fingerprint density at radius 3 is 1.27 bits per heavy atom. The van der Waals surface area contributed by atoms with Gasteiger partial charge in [0.25, 0.3) is 0 Å². The quantitative estimate of drug-likeness (QED) is 0.263. The van der Waals surface area contributed by atoms with Crippen LogP contribution in [0.3, 0.4) is 0 Å². The Kier molecular flexibility index (Phi) is 14.5. The molecule has 22 heavy (non-hydrogen) atoms. The number of unbranched alkanes of at least 4 members (excludes halogenated alkanes) is 13. The fraction of sp³-hybridized carbons (Fsp3) is 1.00. The Bertz CT molecular complexity index is 216. The van der Waals surface area contributed by atoms with Gasteiger partial charge in [-0.15, -0.1) is 0 Å². The SMILES string of the molecule is CCCCCCCCCCCCCCCCC(C)C(C)(C)[NH]. The molecule has 0 fully saturated rings. The molecule has 0 saturated heterocycles. The number of hydrogen-bond acceptors (Lipinski definition) is 0. The minimum atomic E-state index is -0.253. The zero-order valence-corrected chi connectivity index (χ0v) is 16.2. The van der Waals surface area contributed by atoms with Crippen LogP contribution in [0.15, 0.2) is 0 Å². The monoisotopic (exact) mass is 310 g/mol. The van der Waals surface area contributed by atoms with E-state index in [4.69, 9.17) is 5.73 Å². The lowest BCUT2D eigenvalue weighted by Crippen LogP contribution is -2.30. The van der Waals surface area contributed by atoms with Crippen LogP contribution in [0.2, 0.25) is 0 Å². The van der Waals surface area contributed by atoms with Crippen molar-refractivity contribution in [2.75, 3.05) is 0 Å². The van der Waals surface area contributed by atoms with Gasteiger partial charge in [0.05, 0.1) is 0 Å². The molecule has 0 aliphatic rings. The summed E-state index contributed by atoms with van der Waals surface area (Å²) in [6.45, 7) is 8.61. The maximum absolute atomic E-state index is 8.01. The van der Waals surface area contributed by atoms with E-state index in [1.54, 1.807) is 0 Å².